The van der Waals surface area contributed by atoms with Gasteiger partial charge in [-0.3, -0.25) is 19.7 Å². The zero-order valence-electron chi connectivity index (χ0n) is 17.6. The van der Waals surface area contributed by atoms with E-state index >= 15 is 0 Å². The van der Waals surface area contributed by atoms with Crippen molar-refractivity contribution in [1.82, 2.24) is 4.98 Å². The Labute approximate surface area is 204 Å². The predicted octanol–water partition coefficient (Wildman–Crippen LogP) is 4.64. The number of rotatable bonds is 10. The zero-order chi connectivity index (χ0) is 23.6. The number of hydrogen-bond donors (Lipinski definition) is 3. The highest BCUT2D eigenvalue weighted by Crippen LogP contribution is 2.21. The molecular weight excluding hydrogens is 484 g/mol. The average Bonchev–Trinajstić information content (AvgIpc) is 3.21. The molecular formula is C22H21ClN4O4S2. The molecule has 172 valence electrons. The number of amides is 3. The van der Waals surface area contributed by atoms with Crippen LogP contribution in [0.3, 0.4) is 0 Å². The lowest BCUT2D eigenvalue weighted by molar-refractivity contribution is -0.118. The van der Waals surface area contributed by atoms with Crippen LogP contribution in [0.1, 0.15) is 12.6 Å². The van der Waals surface area contributed by atoms with E-state index in [4.69, 9.17) is 16.3 Å². The van der Waals surface area contributed by atoms with Gasteiger partial charge in [-0.1, -0.05) is 11.6 Å². The molecule has 1 heterocycles. The Kier molecular flexibility index (Phi) is 9.11. The van der Waals surface area contributed by atoms with E-state index in [1.807, 2.05) is 5.38 Å². The highest BCUT2D eigenvalue weighted by molar-refractivity contribution is 7.99. The summed E-state index contributed by atoms with van der Waals surface area (Å²) in [5.41, 5.74) is 2.08. The summed E-state index contributed by atoms with van der Waals surface area (Å²) < 4.78 is 5.40. The first kappa shape index (κ1) is 24.6. The Morgan fingerprint density at radius 1 is 0.970 bits per heavy atom. The topological polar surface area (TPSA) is 109 Å². The Morgan fingerprint density at radius 3 is 2.30 bits per heavy atom. The van der Waals surface area contributed by atoms with Crippen LogP contribution in [0.5, 0.6) is 5.75 Å². The fourth-order valence-corrected chi connectivity index (χ4v) is 4.23. The Morgan fingerprint density at radius 2 is 1.64 bits per heavy atom. The summed E-state index contributed by atoms with van der Waals surface area (Å²) in [6.45, 7) is 1.29. The van der Waals surface area contributed by atoms with Gasteiger partial charge < -0.3 is 15.4 Å². The number of benzene rings is 2. The number of thiazole rings is 1. The van der Waals surface area contributed by atoms with Crippen molar-refractivity contribution < 1.29 is 19.1 Å². The number of aromatic nitrogens is 1. The number of carbonyl (C=O) groups is 3. The minimum absolute atomic E-state index is 0.142. The number of thioether (sulfide) groups is 1. The van der Waals surface area contributed by atoms with Gasteiger partial charge in [0.05, 0.1) is 11.4 Å². The predicted molar refractivity (Wildman–Crippen MR) is 133 cm³/mol. The molecule has 3 rings (SSSR count). The Bertz CT molecular complexity index is 1100. The third-order valence-electron chi connectivity index (χ3n) is 3.95. The van der Waals surface area contributed by atoms with Gasteiger partial charge in [0.2, 0.25) is 11.8 Å². The van der Waals surface area contributed by atoms with E-state index in [9.17, 15) is 14.4 Å². The fourth-order valence-electron chi connectivity index (χ4n) is 2.55. The third-order valence-corrected chi connectivity index (χ3v) is 5.98. The van der Waals surface area contributed by atoms with Crippen molar-refractivity contribution in [2.75, 3.05) is 28.3 Å². The molecule has 0 fully saturated rings. The molecule has 0 aliphatic heterocycles. The number of ether oxygens (including phenoxy) is 1. The van der Waals surface area contributed by atoms with Gasteiger partial charge in [0.15, 0.2) is 11.7 Å². The lowest BCUT2D eigenvalue weighted by Crippen LogP contribution is -2.20. The van der Waals surface area contributed by atoms with Gasteiger partial charge in [-0.15, -0.1) is 23.1 Å². The van der Waals surface area contributed by atoms with E-state index in [1.54, 1.807) is 48.5 Å². The number of anilines is 3. The lowest BCUT2D eigenvalue weighted by Gasteiger charge is -2.07. The van der Waals surface area contributed by atoms with Crippen LogP contribution >= 0.6 is 34.7 Å². The quantitative estimate of drug-likeness (QED) is 0.371. The van der Waals surface area contributed by atoms with Gasteiger partial charge in [-0.25, -0.2) is 4.98 Å². The molecule has 0 aliphatic carbocycles. The number of nitrogens with one attached hydrogen (secondary N) is 3. The van der Waals surface area contributed by atoms with Crippen LogP contribution in [0.15, 0.2) is 53.9 Å². The summed E-state index contributed by atoms with van der Waals surface area (Å²) in [5, 5.41) is 11.1. The molecule has 2 aromatic carbocycles. The highest BCUT2D eigenvalue weighted by Gasteiger charge is 2.09. The standard InChI is InChI=1S/C22H21ClN4O4S2/c1-14(28)24-16-4-6-17(7-5-16)25-21(30)13-32-11-18-12-33-22(26-18)27-20(29)10-31-19-8-2-15(23)3-9-19/h2-9,12H,10-11,13H2,1H3,(H,24,28)(H,25,30)(H,26,27,29). The fraction of sp³-hybridized carbons (Fsp3) is 0.182. The first-order valence-electron chi connectivity index (χ1n) is 9.75. The molecule has 3 amide bonds. The summed E-state index contributed by atoms with van der Waals surface area (Å²) in [6.07, 6.45) is 0. The molecule has 8 nitrogen and oxygen atoms in total. The zero-order valence-corrected chi connectivity index (χ0v) is 20.0. The van der Waals surface area contributed by atoms with Crippen LogP contribution in [-0.2, 0) is 20.1 Å². The second kappa shape index (κ2) is 12.2. The highest BCUT2D eigenvalue weighted by atomic mass is 35.5. The van der Waals surface area contributed by atoms with Gasteiger partial charge in [0, 0.05) is 34.5 Å². The summed E-state index contributed by atoms with van der Waals surface area (Å²) >= 11 is 8.54. The Hall–Kier alpha value is -3.08. The molecule has 0 aliphatic rings. The molecule has 0 unspecified atom stereocenters. The van der Waals surface area contributed by atoms with Gasteiger partial charge in [-0.05, 0) is 48.5 Å². The largest absolute Gasteiger partial charge is 0.484 e. The molecule has 0 saturated carbocycles. The van der Waals surface area contributed by atoms with Crippen LogP contribution in [0.4, 0.5) is 16.5 Å². The number of halogens is 1. The molecule has 3 aromatic rings. The molecule has 0 saturated heterocycles. The van der Waals surface area contributed by atoms with Crippen molar-refractivity contribution in [2.24, 2.45) is 0 Å². The molecule has 3 N–H and O–H groups in total. The summed E-state index contributed by atoms with van der Waals surface area (Å²) in [5.74, 6) is 0.717. The monoisotopic (exact) mass is 504 g/mol. The van der Waals surface area contributed by atoms with E-state index in [0.717, 1.165) is 5.69 Å². The smallest absolute Gasteiger partial charge is 0.264 e. The molecule has 1 aromatic heterocycles. The van der Waals surface area contributed by atoms with E-state index < -0.39 is 0 Å². The molecule has 0 bridgehead atoms. The maximum Gasteiger partial charge on any atom is 0.264 e. The van der Waals surface area contributed by atoms with Crippen molar-refractivity contribution in [1.29, 1.82) is 0 Å². The van der Waals surface area contributed by atoms with E-state index in [-0.39, 0.29) is 30.1 Å². The van der Waals surface area contributed by atoms with Crippen LogP contribution < -0.4 is 20.7 Å². The number of nitrogens with zero attached hydrogens (tertiary/aromatic N) is 1. The normalized spacial score (nSPS) is 10.4. The van der Waals surface area contributed by atoms with Crippen LogP contribution in [0.2, 0.25) is 5.02 Å². The van der Waals surface area contributed by atoms with E-state index in [2.05, 4.69) is 20.9 Å². The second-order valence-corrected chi connectivity index (χ2v) is 9.01. The van der Waals surface area contributed by atoms with Crippen LogP contribution in [-0.4, -0.2) is 35.1 Å². The third kappa shape index (κ3) is 8.76. The van der Waals surface area contributed by atoms with Gasteiger partial charge in [0.25, 0.3) is 5.91 Å². The molecule has 0 radical (unpaired) electrons. The van der Waals surface area contributed by atoms with Crippen molar-refractivity contribution in [2.45, 2.75) is 12.7 Å². The maximum atomic E-state index is 12.1. The number of carbonyl (C=O) groups excluding carboxylic acids is 3. The minimum atomic E-state index is -0.317. The summed E-state index contributed by atoms with van der Waals surface area (Å²) in [7, 11) is 0. The average molecular weight is 505 g/mol. The van der Waals surface area contributed by atoms with Crippen molar-refractivity contribution >= 4 is 68.9 Å². The van der Waals surface area contributed by atoms with E-state index in [1.165, 1.54) is 30.0 Å². The van der Waals surface area contributed by atoms with Crippen LogP contribution in [0.25, 0.3) is 0 Å². The molecule has 33 heavy (non-hydrogen) atoms. The SMILES string of the molecule is CC(=O)Nc1ccc(NC(=O)CSCc2csc(NC(=O)COc3ccc(Cl)cc3)n2)cc1. The van der Waals surface area contributed by atoms with Gasteiger partial charge in [0.1, 0.15) is 5.75 Å². The first-order chi connectivity index (χ1) is 15.9. The minimum Gasteiger partial charge on any atom is -0.484 e. The van der Waals surface area contributed by atoms with Gasteiger partial charge >= 0.3 is 0 Å². The van der Waals surface area contributed by atoms with Gasteiger partial charge in [-0.2, -0.15) is 0 Å². The molecule has 0 spiro atoms. The summed E-state index contributed by atoms with van der Waals surface area (Å²) in [4.78, 5) is 39.6. The second-order valence-electron chi connectivity index (χ2n) is 6.73. The van der Waals surface area contributed by atoms with Crippen molar-refractivity contribution in [3.05, 3.63) is 64.6 Å². The lowest BCUT2D eigenvalue weighted by atomic mass is 10.3. The van der Waals surface area contributed by atoms with Crippen molar-refractivity contribution in [3.8, 4) is 5.75 Å². The summed E-state index contributed by atoms with van der Waals surface area (Å²) in [6, 6.07) is 13.6. The van der Waals surface area contributed by atoms with E-state index in [0.29, 0.717) is 33.0 Å². The molecule has 11 heteroatoms. The number of hydrogen-bond acceptors (Lipinski definition) is 7. The van der Waals surface area contributed by atoms with Crippen molar-refractivity contribution in [3.63, 3.8) is 0 Å². The maximum absolute atomic E-state index is 12.1. The Balaban J connectivity index is 1.36. The van der Waals surface area contributed by atoms with Crippen LogP contribution in [0, 0.1) is 0 Å². The first-order valence-corrected chi connectivity index (χ1v) is 12.2. The molecule has 0 atom stereocenters.